The summed E-state index contributed by atoms with van der Waals surface area (Å²) in [4.78, 5) is 2.41. The first-order valence-electron chi connectivity index (χ1n) is 9.34. The Labute approximate surface area is 162 Å². The van der Waals surface area contributed by atoms with Gasteiger partial charge in [-0.05, 0) is 57.5 Å². The van der Waals surface area contributed by atoms with Crippen molar-refractivity contribution in [2.45, 2.75) is 19.3 Å². The van der Waals surface area contributed by atoms with E-state index in [1.807, 2.05) is 0 Å². The SMILES string of the molecule is CC1(C)c2ccccc2N(c2ccc(P)cc2)c2cc3ccccc3cc21. The molecule has 0 amide bonds. The van der Waals surface area contributed by atoms with Crippen LogP contribution in [-0.4, -0.2) is 0 Å². The van der Waals surface area contributed by atoms with Crippen LogP contribution in [0.25, 0.3) is 10.8 Å². The van der Waals surface area contributed by atoms with Crippen LogP contribution in [0, 0.1) is 0 Å². The standard InChI is InChI=1S/C25H22NP/c1-25(2)21-9-5-6-10-23(21)26(19-11-13-20(27)14-12-19)24-16-18-8-4-3-7-17(18)15-22(24)25/h3-16H,27H2,1-2H3. The first-order valence-corrected chi connectivity index (χ1v) is 9.92. The third-order valence-electron chi connectivity index (χ3n) is 5.75. The average Bonchev–Trinajstić information content (AvgIpc) is 2.69. The molecule has 0 radical (unpaired) electrons. The predicted octanol–water partition coefficient (Wildman–Crippen LogP) is 6.45. The van der Waals surface area contributed by atoms with Gasteiger partial charge in [0.15, 0.2) is 0 Å². The maximum atomic E-state index is 2.77. The van der Waals surface area contributed by atoms with Gasteiger partial charge in [-0.1, -0.05) is 68.4 Å². The second kappa shape index (κ2) is 5.94. The zero-order chi connectivity index (χ0) is 18.6. The molecule has 0 saturated carbocycles. The molecular formula is C25H22NP. The second-order valence-corrected chi connectivity index (χ2v) is 8.45. The highest BCUT2D eigenvalue weighted by Crippen LogP contribution is 2.52. The summed E-state index contributed by atoms with van der Waals surface area (Å²) in [5, 5.41) is 3.77. The van der Waals surface area contributed by atoms with Crippen molar-refractivity contribution in [3.63, 3.8) is 0 Å². The van der Waals surface area contributed by atoms with E-state index in [9.17, 15) is 0 Å². The zero-order valence-corrected chi connectivity index (χ0v) is 16.8. The fraction of sp³-hybridized carbons (Fsp3) is 0.120. The Morgan fingerprint density at radius 3 is 2.04 bits per heavy atom. The minimum absolute atomic E-state index is 0.0486. The van der Waals surface area contributed by atoms with Gasteiger partial charge in [0.1, 0.15) is 0 Å². The summed E-state index contributed by atoms with van der Waals surface area (Å²) in [7, 11) is 2.77. The summed E-state index contributed by atoms with van der Waals surface area (Å²) in [6.45, 7) is 4.67. The van der Waals surface area contributed by atoms with Crippen molar-refractivity contribution in [1.29, 1.82) is 0 Å². The quantitative estimate of drug-likeness (QED) is 0.350. The molecule has 0 fully saturated rings. The van der Waals surface area contributed by atoms with Gasteiger partial charge in [-0.15, -0.1) is 9.24 Å². The Morgan fingerprint density at radius 1 is 0.667 bits per heavy atom. The molecule has 0 N–H and O–H groups in total. The number of hydrogen-bond acceptors (Lipinski definition) is 1. The smallest absolute Gasteiger partial charge is 0.0509 e. The van der Waals surface area contributed by atoms with E-state index in [0.29, 0.717) is 0 Å². The van der Waals surface area contributed by atoms with Gasteiger partial charge < -0.3 is 4.90 Å². The second-order valence-electron chi connectivity index (χ2n) is 7.79. The van der Waals surface area contributed by atoms with Gasteiger partial charge in [0, 0.05) is 11.1 Å². The van der Waals surface area contributed by atoms with Crippen LogP contribution in [0.5, 0.6) is 0 Å². The number of nitrogens with zero attached hydrogens (tertiary/aromatic N) is 1. The van der Waals surface area contributed by atoms with E-state index in [0.717, 1.165) is 0 Å². The molecule has 1 nitrogen and oxygen atoms in total. The number of rotatable bonds is 1. The topological polar surface area (TPSA) is 3.24 Å². The van der Waals surface area contributed by atoms with Crippen LogP contribution in [0.3, 0.4) is 0 Å². The third-order valence-corrected chi connectivity index (χ3v) is 6.13. The molecule has 1 heterocycles. The van der Waals surface area contributed by atoms with Crippen LogP contribution in [-0.2, 0) is 5.41 Å². The van der Waals surface area contributed by atoms with Gasteiger partial charge in [-0.2, -0.15) is 0 Å². The molecule has 2 heteroatoms. The molecule has 1 aliphatic rings. The lowest BCUT2D eigenvalue weighted by atomic mass is 9.73. The van der Waals surface area contributed by atoms with Gasteiger partial charge in [0.2, 0.25) is 0 Å². The van der Waals surface area contributed by atoms with E-state index in [-0.39, 0.29) is 5.41 Å². The monoisotopic (exact) mass is 367 g/mol. The molecule has 0 aromatic heterocycles. The molecular weight excluding hydrogens is 345 g/mol. The number of benzene rings is 4. The summed E-state index contributed by atoms with van der Waals surface area (Å²) in [6.07, 6.45) is 0. The van der Waals surface area contributed by atoms with Gasteiger partial charge in [0.05, 0.1) is 11.4 Å². The molecule has 4 aromatic rings. The summed E-state index contributed by atoms with van der Waals surface area (Å²) < 4.78 is 0. The molecule has 1 unspecified atom stereocenters. The van der Waals surface area contributed by atoms with Crippen LogP contribution in [0.2, 0.25) is 0 Å². The van der Waals surface area contributed by atoms with Crippen molar-refractivity contribution >= 4 is 42.4 Å². The zero-order valence-electron chi connectivity index (χ0n) is 15.6. The van der Waals surface area contributed by atoms with E-state index < -0.39 is 0 Å². The minimum Gasteiger partial charge on any atom is -0.310 e. The fourth-order valence-electron chi connectivity index (χ4n) is 4.29. The Balaban J connectivity index is 1.87. The lowest BCUT2D eigenvalue weighted by molar-refractivity contribution is 0.633. The number of hydrogen-bond donors (Lipinski definition) is 0. The van der Waals surface area contributed by atoms with E-state index in [2.05, 4.69) is 113 Å². The largest absolute Gasteiger partial charge is 0.310 e. The summed E-state index contributed by atoms with van der Waals surface area (Å²) in [6, 6.07) is 30.9. The number of para-hydroxylation sites is 1. The minimum atomic E-state index is -0.0486. The van der Waals surface area contributed by atoms with Crippen LogP contribution in [0.4, 0.5) is 17.1 Å². The molecule has 1 atom stereocenters. The van der Waals surface area contributed by atoms with Crippen molar-refractivity contribution in [2.24, 2.45) is 0 Å². The Hall–Kier alpha value is -2.63. The molecule has 0 spiro atoms. The van der Waals surface area contributed by atoms with Gasteiger partial charge >= 0.3 is 0 Å². The van der Waals surface area contributed by atoms with Gasteiger partial charge in [-0.25, -0.2) is 0 Å². The molecule has 27 heavy (non-hydrogen) atoms. The summed E-state index contributed by atoms with van der Waals surface area (Å²) in [5.41, 5.74) is 6.42. The first-order chi connectivity index (χ1) is 13.1. The van der Waals surface area contributed by atoms with Gasteiger partial charge in [0.25, 0.3) is 0 Å². The van der Waals surface area contributed by atoms with Crippen LogP contribution in [0.15, 0.2) is 84.9 Å². The van der Waals surface area contributed by atoms with Crippen molar-refractivity contribution in [1.82, 2.24) is 0 Å². The number of anilines is 3. The lowest BCUT2D eigenvalue weighted by Crippen LogP contribution is -2.30. The molecule has 132 valence electrons. The van der Waals surface area contributed by atoms with Crippen LogP contribution < -0.4 is 10.2 Å². The Bertz CT molecular complexity index is 1160. The number of fused-ring (bicyclic) bond motifs is 3. The van der Waals surface area contributed by atoms with Crippen molar-refractivity contribution in [3.05, 3.63) is 96.1 Å². The summed E-state index contributed by atoms with van der Waals surface area (Å²) >= 11 is 0. The van der Waals surface area contributed by atoms with Crippen molar-refractivity contribution in [3.8, 4) is 0 Å². The van der Waals surface area contributed by atoms with Crippen LogP contribution in [0.1, 0.15) is 25.0 Å². The highest BCUT2D eigenvalue weighted by atomic mass is 31.0. The predicted molar refractivity (Wildman–Crippen MR) is 120 cm³/mol. The first kappa shape index (κ1) is 16.5. The molecule has 0 saturated heterocycles. The highest BCUT2D eigenvalue weighted by molar-refractivity contribution is 7.27. The molecule has 1 aliphatic heterocycles. The van der Waals surface area contributed by atoms with Crippen molar-refractivity contribution < 1.29 is 0 Å². The maximum absolute atomic E-state index is 2.77. The molecule has 0 aliphatic carbocycles. The molecule has 4 aromatic carbocycles. The van der Waals surface area contributed by atoms with E-state index in [1.165, 1.54) is 44.3 Å². The lowest BCUT2D eigenvalue weighted by Gasteiger charge is -2.42. The average molecular weight is 367 g/mol. The molecule has 5 rings (SSSR count). The van der Waals surface area contributed by atoms with Crippen LogP contribution >= 0.6 is 9.24 Å². The van der Waals surface area contributed by atoms with Crippen molar-refractivity contribution in [2.75, 3.05) is 4.90 Å². The third kappa shape index (κ3) is 2.50. The normalized spacial score (nSPS) is 14.7. The maximum Gasteiger partial charge on any atom is 0.0509 e. The van der Waals surface area contributed by atoms with E-state index >= 15 is 0 Å². The summed E-state index contributed by atoms with van der Waals surface area (Å²) in [5.74, 6) is 0. The molecule has 0 bridgehead atoms. The van der Waals surface area contributed by atoms with Gasteiger partial charge in [-0.3, -0.25) is 0 Å². The van der Waals surface area contributed by atoms with E-state index in [1.54, 1.807) is 0 Å². The highest BCUT2D eigenvalue weighted by Gasteiger charge is 2.36. The van der Waals surface area contributed by atoms with E-state index in [4.69, 9.17) is 0 Å². The Morgan fingerprint density at radius 2 is 1.30 bits per heavy atom. The fourth-order valence-corrected chi connectivity index (χ4v) is 4.48. The Kier molecular flexibility index (Phi) is 3.64.